The first kappa shape index (κ1) is 17.1. The third-order valence-corrected chi connectivity index (χ3v) is 9.13. The summed E-state index contributed by atoms with van der Waals surface area (Å²) >= 11 is 0. The lowest BCUT2D eigenvalue weighted by Crippen LogP contribution is -2.70. The van der Waals surface area contributed by atoms with Crippen LogP contribution in [0.2, 0.25) is 6.04 Å². The number of hydrogen-bond acceptors (Lipinski definition) is 5. The summed E-state index contributed by atoms with van der Waals surface area (Å²) in [5.74, 6) is 0.175. The van der Waals surface area contributed by atoms with Crippen molar-refractivity contribution in [3.05, 3.63) is 0 Å². The predicted molar refractivity (Wildman–Crippen MR) is 79.0 cm³/mol. The van der Waals surface area contributed by atoms with E-state index in [1.807, 2.05) is 6.92 Å². The zero-order valence-corrected chi connectivity index (χ0v) is 13.8. The molecular formula is C13H30N2O3Si. The lowest BCUT2D eigenvalue weighted by Gasteiger charge is -2.52. The van der Waals surface area contributed by atoms with Gasteiger partial charge in [-0.15, -0.1) is 0 Å². The number of hydrogen-bond donors (Lipinski definition) is 2. The maximum absolute atomic E-state index is 6.22. The van der Waals surface area contributed by atoms with Gasteiger partial charge in [0.25, 0.3) is 0 Å². The Hall–Kier alpha value is 0.0169. The van der Waals surface area contributed by atoms with E-state index in [0.717, 1.165) is 31.7 Å². The van der Waals surface area contributed by atoms with Gasteiger partial charge in [-0.05, 0) is 32.4 Å². The van der Waals surface area contributed by atoms with Gasteiger partial charge in [-0.1, -0.05) is 12.8 Å². The Morgan fingerprint density at radius 1 is 1.21 bits per heavy atom. The SMILES string of the molecule is COC1(C(CCN)C(C)N)CCCC[Si]1(OC)OC. The molecule has 114 valence electrons. The average molecular weight is 290 g/mol. The summed E-state index contributed by atoms with van der Waals surface area (Å²) in [6, 6.07) is 0.973. The molecule has 0 amide bonds. The summed E-state index contributed by atoms with van der Waals surface area (Å²) in [4.78, 5) is 0. The van der Waals surface area contributed by atoms with Crippen LogP contribution in [-0.2, 0) is 13.6 Å². The first-order valence-electron chi connectivity index (χ1n) is 7.14. The van der Waals surface area contributed by atoms with Crippen molar-refractivity contribution >= 4 is 8.56 Å². The lowest BCUT2D eigenvalue weighted by molar-refractivity contribution is -0.0570. The van der Waals surface area contributed by atoms with Crippen LogP contribution >= 0.6 is 0 Å². The Kier molecular flexibility index (Phi) is 6.42. The van der Waals surface area contributed by atoms with Crippen molar-refractivity contribution in [2.24, 2.45) is 17.4 Å². The molecule has 1 aliphatic rings. The Bertz CT molecular complexity index is 275. The standard InChI is InChI=1S/C13H30N2O3Si/c1-11(15)12(7-9-14)13(16-2)8-5-6-10-19(13,17-3)18-4/h11-12H,5-10,14-15H2,1-4H3. The van der Waals surface area contributed by atoms with E-state index in [0.29, 0.717) is 6.54 Å². The molecule has 0 bridgehead atoms. The van der Waals surface area contributed by atoms with Gasteiger partial charge in [0, 0.05) is 33.3 Å². The van der Waals surface area contributed by atoms with Gasteiger partial charge in [0.15, 0.2) is 0 Å². The third-order valence-electron chi connectivity index (χ3n) is 4.68. The molecule has 6 heteroatoms. The molecule has 3 atom stereocenters. The van der Waals surface area contributed by atoms with Crippen molar-refractivity contribution in [2.45, 2.75) is 49.9 Å². The van der Waals surface area contributed by atoms with E-state index in [1.54, 1.807) is 21.3 Å². The molecule has 0 aromatic heterocycles. The second kappa shape index (κ2) is 7.15. The fraction of sp³-hybridized carbons (Fsp3) is 1.00. The summed E-state index contributed by atoms with van der Waals surface area (Å²) in [6.07, 6.45) is 4.05. The molecule has 0 aromatic rings. The Morgan fingerprint density at radius 2 is 1.84 bits per heavy atom. The highest BCUT2D eigenvalue weighted by molar-refractivity contribution is 6.70. The van der Waals surface area contributed by atoms with Crippen LogP contribution < -0.4 is 11.5 Å². The summed E-state index contributed by atoms with van der Waals surface area (Å²) < 4.78 is 17.8. The minimum absolute atomic E-state index is 0.0128. The maximum atomic E-state index is 6.22. The zero-order chi connectivity index (χ0) is 14.5. The maximum Gasteiger partial charge on any atom is 0.371 e. The molecule has 3 unspecified atom stereocenters. The van der Waals surface area contributed by atoms with Crippen LogP contribution in [0.15, 0.2) is 0 Å². The summed E-state index contributed by atoms with van der Waals surface area (Å²) in [7, 11) is 2.82. The van der Waals surface area contributed by atoms with Crippen molar-refractivity contribution in [2.75, 3.05) is 27.9 Å². The molecule has 1 aliphatic heterocycles. The van der Waals surface area contributed by atoms with E-state index in [2.05, 4.69) is 0 Å². The van der Waals surface area contributed by atoms with Crippen molar-refractivity contribution in [1.29, 1.82) is 0 Å². The van der Waals surface area contributed by atoms with Gasteiger partial charge < -0.3 is 25.1 Å². The summed E-state index contributed by atoms with van der Waals surface area (Å²) in [5, 5.41) is -0.387. The third kappa shape index (κ3) is 2.89. The summed E-state index contributed by atoms with van der Waals surface area (Å²) in [5.41, 5.74) is 12.0. The molecule has 19 heavy (non-hydrogen) atoms. The predicted octanol–water partition coefficient (Wildman–Crippen LogP) is 1.14. The van der Waals surface area contributed by atoms with Crippen molar-refractivity contribution in [3.8, 4) is 0 Å². The molecule has 1 heterocycles. The normalized spacial score (nSPS) is 30.0. The van der Waals surface area contributed by atoms with Crippen LogP contribution in [-0.4, -0.2) is 47.7 Å². The van der Waals surface area contributed by atoms with E-state index in [-0.39, 0.29) is 17.2 Å². The molecule has 4 N–H and O–H groups in total. The molecule has 1 rings (SSSR count). The van der Waals surface area contributed by atoms with Gasteiger partial charge in [0.05, 0.1) is 0 Å². The highest BCUT2D eigenvalue weighted by atomic mass is 28.4. The molecule has 0 aliphatic carbocycles. The van der Waals surface area contributed by atoms with Gasteiger partial charge in [0.1, 0.15) is 5.22 Å². The summed E-state index contributed by atoms with van der Waals surface area (Å²) in [6.45, 7) is 2.63. The zero-order valence-electron chi connectivity index (χ0n) is 12.8. The quantitative estimate of drug-likeness (QED) is 0.687. The second-order valence-corrected chi connectivity index (χ2v) is 9.17. The molecule has 0 saturated carbocycles. The topological polar surface area (TPSA) is 79.7 Å². The van der Waals surface area contributed by atoms with Crippen LogP contribution in [0.3, 0.4) is 0 Å². The van der Waals surface area contributed by atoms with Crippen LogP contribution in [0.5, 0.6) is 0 Å². The molecule has 1 saturated heterocycles. The molecule has 0 radical (unpaired) electrons. The van der Waals surface area contributed by atoms with Gasteiger partial charge in [-0.2, -0.15) is 0 Å². The fourth-order valence-corrected chi connectivity index (χ4v) is 8.00. The van der Waals surface area contributed by atoms with Crippen LogP contribution in [0.1, 0.15) is 32.6 Å². The molecule has 0 aromatic carbocycles. The number of ether oxygens (including phenoxy) is 1. The minimum Gasteiger partial charge on any atom is -0.396 e. The highest BCUT2D eigenvalue weighted by Crippen LogP contribution is 2.46. The van der Waals surface area contributed by atoms with Crippen molar-refractivity contribution in [1.82, 2.24) is 0 Å². The van der Waals surface area contributed by atoms with Crippen LogP contribution in [0.4, 0.5) is 0 Å². The Balaban J connectivity index is 3.21. The van der Waals surface area contributed by atoms with Crippen molar-refractivity contribution < 1.29 is 13.6 Å². The minimum atomic E-state index is -2.43. The number of rotatable bonds is 7. The van der Waals surface area contributed by atoms with E-state index in [9.17, 15) is 0 Å². The molecule has 0 spiro atoms. The van der Waals surface area contributed by atoms with Gasteiger partial charge >= 0.3 is 8.56 Å². The van der Waals surface area contributed by atoms with E-state index < -0.39 is 8.56 Å². The van der Waals surface area contributed by atoms with Gasteiger partial charge in [-0.25, -0.2) is 0 Å². The van der Waals surface area contributed by atoms with Gasteiger partial charge in [-0.3, -0.25) is 0 Å². The van der Waals surface area contributed by atoms with Crippen LogP contribution in [0.25, 0.3) is 0 Å². The van der Waals surface area contributed by atoms with Gasteiger partial charge in [0.2, 0.25) is 0 Å². The van der Waals surface area contributed by atoms with E-state index in [4.69, 9.17) is 25.1 Å². The second-order valence-electron chi connectivity index (χ2n) is 5.50. The van der Waals surface area contributed by atoms with E-state index in [1.165, 1.54) is 0 Å². The van der Waals surface area contributed by atoms with Crippen LogP contribution in [0, 0.1) is 5.92 Å². The monoisotopic (exact) mass is 290 g/mol. The lowest BCUT2D eigenvalue weighted by atomic mass is 9.87. The smallest absolute Gasteiger partial charge is 0.371 e. The molecule has 5 nitrogen and oxygen atoms in total. The largest absolute Gasteiger partial charge is 0.396 e. The van der Waals surface area contributed by atoms with E-state index >= 15 is 0 Å². The number of methoxy groups -OCH3 is 1. The Morgan fingerprint density at radius 3 is 2.26 bits per heavy atom. The fourth-order valence-electron chi connectivity index (χ4n) is 3.76. The first-order valence-corrected chi connectivity index (χ1v) is 9.17. The Labute approximate surface area is 118 Å². The average Bonchev–Trinajstić information content (AvgIpc) is 2.44. The van der Waals surface area contributed by atoms with Crippen molar-refractivity contribution in [3.63, 3.8) is 0 Å². The highest BCUT2D eigenvalue weighted by Gasteiger charge is 2.62. The number of nitrogens with two attached hydrogens (primary N) is 2. The molecular weight excluding hydrogens is 260 g/mol. The first-order chi connectivity index (χ1) is 9.03. The molecule has 1 fully saturated rings.